The van der Waals surface area contributed by atoms with E-state index in [-0.39, 0.29) is 11.9 Å². The Hall–Kier alpha value is -2.14. The Bertz CT molecular complexity index is 776. The summed E-state index contributed by atoms with van der Waals surface area (Å²) in [6, 6.07) is 5.82. The molecule has 3 rings (SSSR count). The van der Waals surface area contributed by atoms with E-state index in [1.54, 1.807) is 18.5 Å². The molecule has 1 unspecified atom stereocenters. The quantitative estimate of drug-likeness (QED) is 0.834. The number of hydrogen-bond acceptors (Lipinski definition) is 4. The van der Waals surface area contributed by atoms with Gasteiger partial charge >= 0.3 is 0 Å². The second kappa shape index (κ2) is 8.04. The second-order valence-corrected chi connectivity index (χ2v) is 7.58. The Labute approximate surface area is 159 Å². The van der Waals surface area contributed by atoms with E-state index in [0.29, 0.717) is 22.3 Å². The molecule has 5 nitrogen and oxygen atoms in total. The third-order valence-electron chi connectivity index (χ3n) is 4.84. The molecule has 1 N–H and O–H groups in total. The van der Waals surface area contributed by atoms with Gasteiger partial charge in [0.25, 0.3) is 5.91 Å². The molecule has 1 saturated heterocycles. The summed E-state index contributed by atoms with van der Waals surface area (Å²) in [6.45, 7) is 7.07. The van der Waals surface area contributed by atoms with Gasteiger partial charge in [-0.1, -0.05) is 25.4 Å². The van der Waals surface area contributed by atoms with Gasteiger partial charge in [0.15, 0.2) is 0 Å². The monoisotopic (exact) mass is 372 g/mol. The van der Waals surface area contributed by atoms with Crippen LogP contribution >= 0.6 is 11.6 Å². The van der Waals surface area contributed by atoms with Gasteiger partial charge < -0.3 is 10.2 Å². The van der Waals surface area contributed by atoms with Crippen LogP contribution in [-0.4, -0.2) is 33.4 Å². The van der Waals surface area contributed by atoms with Gasteiger partial charge in [-0.05, 0) is 50.3 Å². The highest BCUT2D eigenvalue weighted by Crippen LogP contribution is 2.28. The number of carbonyl (C=O) groups excluding carboxylic acids is 1. The van der Waals surface area contributed by atoms with Gasteiger partial charge in [-0.3, -0.25) is 9.78 Å². The van der Waals surface area contributed by atoms with Crippen LogP contribution in [0.5, 0.6) is 0 Å². The molecule has 1 aliphatic rings. The van der Waals surface area contributed by atoms with Crippen LogP contribution in [0.2, 0.25) is 5.02 Å². The average Bonchev–Trinajstić information content (AvgIpc) is 2.64. The first-order valence-electron chi connectivity index (χ1n) is 9.12. The largest absolute Gasteiger partial charge is 0.338 e. The smallest absolute Gasteiger partial charge is 0.255 e. The summed E-state index contributed by atoms with van der Waals surface area (Å²) in [5.41, 5.74) is 2.28. The number of piperidine rings is 1. The summed E-state index contributed by atoms with van der Waals surface area (Å²) in [7, 11) is 0. The second-order valence-electron chi connectivity index (χ2n) is 7.17. The van der Waals surface area contributed by atoms with E-state index in [2.05, 4.69) is 29.1 Å². The molecule has 1 amide bonds. The van der Waals surface area contributed by atoms with E-state index in [1.807, 2.05) is 24.0 Å². The number of aromatic nitrogens is 2. The fourth-order valence-corrected chi connectivity index (χ4v) is 3.61. The fraction of sp³-hybridized carbons (Fsp3) is 0.450. The van der Waals surface area contributed by atoms with Crippen molar-refractivity contribution in [1.82, 2.24) is 14.9 Å². The molecule has 0 aromatic carbocycles. The van der Waals surface area contributed by atoms with Gasteiger partial charge in [-0.2, -0.15) is 0 Å². The van der Waals surface area contributed by atoms with Crippen LogP contribution in [0.3, 0.4) is 0 Å². The Balaban J connectivity index is 1.77. The van der Waals surface area contributed by atoms with Crippen molar-refractivity contribution in [3.8, 4) is 0 Å². The maximum atomic E-state index is 13.0. The van der Waals surface area contributed by atoms with Crippen LogP contribution < -0.4 is 5.32 Å². The van der Waals surface area contributed by atoms with E-state index in [4.69, 9.17) is 11.6 Å². The molecule has 1 fully saturated rings. The van der Waals surface area contributed by atoms with E-state index >= 15 is 0 Å². The third kappa shape index (κ3) is 4.15. The molecule has 2 aromatic rings. The first kappa shape index (κ1) is 18.6. The van der Waals surface area contributed by atoms with E-state index in [0.717, 1.165) is 30.8 Å². The van der Waals surface area contributed by atoms with Crippen LogP contribution in [0, 0.1) is 12.8 Å². The minimum atomic E-state index is 0.0151. The lowest BCUT2D eigenvalue weighted by Crippen LogP contribution is -2.46. The molecule has 1 aliphatic heterocycles. The maximum Gasteiger partial charge on any atom is 0.255 e. The number of pyridine rings is 2. The van der Waals surface area contributed by atoms with Crippen molar-refractivity contribution < 1.29 is 4.79 Å². The molecule has 0 aliphatic carbocycles. The van der Waals surface area contributed by atoms with Crippen molar-refractivity contribution >= 4 is 29.0 Å². The minimum Gasteiger partial charge on any atom is -0.338 e. The molecular weight excluding hydrogens is 348 g/mol. The van der Waals surface area contributed by atoms with Gasteiger partial charge in [0.2, 0.25) is 0 Å². The third-order valence-corrected chi connectivity index (χ3v) is 5.13. The first-order valence-corrected chi connectivity index (χ1v) is 9.49. The summed E-state index contributed by atoms with van der Waals surface area (Å²) in [5, 5.41) is 3.57. The molecular formula is C20H25ClN4O. The van der Waals surface area contributed by atoms with Crippen molar-refractivity contribution in [2.45, 2.75) is 46.1 Å². The number of nitrogens with zero attached hydrogens (tertiary/aromatic N) is 3. The predicted molar refractivity (Wildman–Crippen MR) is 105 cm³/mol. The summed E-state index contributed by atoms with van der Waals surface area (Å²) < 4.78 is 0. The molecule has 3 heterocycles. The topological polar surface area (TPSA) is 58.1 Å². The fourth-order valence-electron chi connectivity index (χ4n) is 3.39. The standard InChI is InChI=1S/C20H25ClN4O/c1-13(2)18-6-4-5-9-25(18)20(26)15-10-17(21)19(23-11-15)24-16-8-7-14(3)22-12-16/h7-8,10-13,18H,4-6,9H2,1-3H3,(H,23,24). The molecule has 6 heteroatoms. The number of halogens is 1. The van der Waals surface area contributed by atoms with Crippen molar-refractivity contribution in [3.05, 3.63) is 46.9 Å². The molecule has 0 saturated carbocycles. The SMILES string of the molecule is Cc1ccc(Nc2ncc(C(=O)N3CCCCC3C(C)C)cc2Cl)cn1. The van der Waals surface area contributed by atoms with Gasteiger partial charge in [0.1, 0.15) is 5.82 Å². The molecule has 2 aromatic heterocycles. The lowest BCUT2D eigenvalue weighted by Gasteiger charge is -2.38. The molecule has 0 bridgehead atoms. The number of hydrogen-bond donors (Lipinski definition) is 1. The highest BCUT2D eigenvalue weighted by molar-refractivity contribution is 6.33. The van der Waals surface area contributed by atoms with Crippen LogP contribution in [0.1, 0.15) is 49.2 Å². The van der Waals surface area contributed by atoms with E-state index in [9.17, 15) is 4.79 Å². The zero-order chi connectivity index (χ0) is 18.7. The highest BCUT2D eigenvalue weighted by atomic mass is 35.5. The number of carbonyl (C=O) groups is 1. The van der Waals surface area contributed by atoms with Crippen LogP contribution in [0.15, 0.2) is 30.6 Å². The van der Waals surface area contributed by atoms with Gasteiger partial charge in [0, 0.05) is 24.5 Å². The van der Waals surface area contributed by atoms with Crippen LogP contribution in [0.4, 0.5) is 11.5 Å². The number of rotatable bonds is 4. The molecule has 1 atom stereocenters. The summed E-state index contributed by atoms with van der Waals surface area (Å²) >= 11 is 6.38. The van der Waals surface area contributed by atoms with E-state index in [1.165, 1.54) is 6.42 Å². The molecule has 138 valence electrons. The number of likely N-dealkylation sites (tertiary alicyclic amines) is 1. The predicted octanol–water partition coefficient (Wildman–Crippen LogP) is 4.83. The van der Waals surface area contributed by atoms with Crippen LogP contribution in [0.25, 0.3) is 0 Å². The van der Waals surface area contributed by atoms with E-state index < -0.39 is 0 Å². The number of nitrogens with one attached hydrogen (secondary N) is 1. The van der Waals surface area contributed by atoms with Gasteiger partial charge in [-0.25, -0.2) is 4.98 Å². The van der Waals surface area contributed by atoms with Crippen LogP contribution in [-0.2, 0) is 0 Å². The lowest BCUT2D eigenvalue weighted by molar-refractivity contribution is 0.0543. The van der Waals surface area contributed by atoms with Crippen molar-refractivity contribution in [2.75, 3.05) is 11.9 Å². The Morgan fingerprint density at radius 1 is 1.27 bits per heavy atom. The molecule has 0 spiro atoms. The normalized spacial score (nSPS) is 17.4. The summed E-state index contributed by atoms with van der Waals surface area (Å²) in [4.78, 5) is 23.6. The number of anilines is 2. The van der Waals surface area contributed by atoms with Gasteiger partial charge in [0.05, 0.1) is 22.5 Å². The average molecular weight is 373 g/mol. The zero-order valence-corrected chi connectivity index (χ0v) is 16.3. The Morgan fingerprint density at radius 2 is 2.08 bits per heavy atom. The minimum absolute atomic E-state index is 0.0151. The Kier molecular flexibility index (Phi) is 5.77. The highest BCUT2D eigenvalue weighted by Gasteiger charge is 2.29. The zero-order valence-electron chi connectivity index (χ0n) is 15.5. The van der Waals surface area contributed by atoms with Gasteiger partial charge in [-0.15, -0.1) is 0 Å². The summed E-state index contributed by atoms with van der Waals surface area (Å²) in [6.07, 6.45) is 6.62. The van der Waals surface area contributed by atoms with Crippen molar-refractivity contribution in [3.63, 3.8) is 0 Å². The number of amides is 1. The molecule has 0 radical (unpaired) electrons. The maximum absolute atomic E-state index is 13.0. The molecule has 26 heavy (non-hydrogen) atoms. The Morgan fingerprint density at radius 3 is 2.73 bits per heavy atom. The lowest BCUT2D eigenvalue weighted by atomic mass is 9.92. The first-order chi connectivity index (χ1) is 12.5. The number of aryl methyl sites for hydroxylation is 1. The van der Waals surface area contributed by atoms with Crippen molar-refractivity contribution in [2.24, 2.45) is 5.92 Å². The summed E-state index contributed by atoms with van der Waals surface area (Å²) in [5.74, 6) is 0.979. The van der Waals surface area contributed by atoms with Crippen molar-refractivity contribution in [1.29, 1.82) is 0 Å².